The third-order valence-corrected chi connectivity index (χ3v) is 4.17. The number of hydrogen-bond donors (Lipinski definition) is 1. The summed E-state index contributed by atoms with van der Waals surface area (Å²) in [5, 5.41) is 3.88. The van der Waals surface area contributed by atoms with Crippen LogP contribution in [0.25, 0.3) is 0 Å². The van der Waals surface area contributed by atoms with Crippen molar-refractivity contribution in [3.8, 4) is 5.75 Å². The van der Waals surface area contributed by atoms with E-state index in [1.807, 2.05) is 13.8 Å². The molecule has 0 amide bonds. The fourth-order valence-electron chi connectivity index (χ4n) is 1.76. The molecule has 0 radical (unpaired) electrons. The molecule has 0 spiro atoms. The van der Waals surface area contributed by atoms with Crippen LogP contribution in [0.15, 0.2) is 22.7 Å². The lowest BCUT2D eigenvalue weighted by Crippen LogP contribution is -2.18. The van der Waals surface area contributed by atoms with Crippen molar-refractivity contribution in [1.82, 2.24) is 4.98 Å². The minimum atomic E-state index is -4.73. The Kier molecular flexibility index (Phi) is 4.77. The van der Waals surface area contributed by atoms with Crippen molar-refractivity contribution in [1.29, 1.82) is 0 Å². The van der Waals surface area contributed by atoms with Crippen LogP contribution in [0, 0.1) is 13.8 Å². The highest BCUT2D eigenvalue weighted by Crippen LogP contribution is 2.33. The van der Waals surface area contributed by atoms with Gasteiger partial charge in [0.2, 0.25) is 0 Å². The Hall–Kier alpha value is -1.28. The number of aromatic nitrogens is 1. The van der Waals surface area contributed by atoms with Crippen LogP contribution in [0.1, 0.15) is 15.6 Å². The molecule has 1 heterocycles. The highest BCUT2D eigenvalue weighted by molar-refractivity contribution is 9.10. The Morgan fingerprint density at radius 3 is 2.62 bits per heavy atom. The normalized spacial score (nSPS) is 11.5. The van der Waals surface area contributed by atoms with Crippen molar-refractivity contribution in [3.05, 3.63) is 38.3 Å². The summed E-state index contributed by atoms with van der Waals surface area (Å²) >= 11 is 4.64. The average molecular weight is 381 g/mol. The molecule has 0 saturated carbocycles. The van der Waals surface area contributed by atoms with Gasteiger partial charge in [0.05, 0.1) is 22.9 Å². The second kappa shape index (κ2) is 6.23. The van der Waals surface area contributed by atoms with Gasteiger partial charge in [0.25, 0.3) is 0 Å². The molecule has 0 fully saturated rings. The van der Waals surface area contributed by atoms with Gasteiger partial charge in [-0.2, -0.15) is 0 Å². The Balaban J connectivity index is 2.17. The molecule has 0 bridgehead atoms. The smallest absolute Gasteiger partial charge is 0.404 e. The Bertz CT molecular complexity index is 643. The van der Waals surface area contributed by atoms with Crippen molar-refractivity contribution in [3.63, 3.8) is 0 Å². The van der Waals surface area contributed by atoms with E-state index in [1.165, 1.54) is 23.5 Å². The maximum atomic E-state index is 12.4. The van der Waals surface area contributed by atoms with Gasteiger partial charge in [0.1, 0.15) is 0 Å². The zero-order valence-electron chi connectivity index (χ0n) is 11.2. The van der Waals surface area contributed by atoms with Crippen molar-refractivity contribution in [2.24, 2.45) is 0 Å². The number of halogens is 4. The van der Waals surface area contributed by atoms with Crippen molar-refractivity contribution in [2.45, 2.75) is 26.8 Å². The molecule has 0 atom stereocenters. The van der Waals surface area contributed by atoms with Crippen LogP contribution in [-0.4, -0.2) is 11.3 Å². The molecule has 0 aliphatic rings. The molecule has 0 aliphatic carbocycles. The van der Waals surface area contributed by atoms with Crippen LogP contribution in [0.5, 0.6) is 5.75 Å². The molecule has 1 N–H and O–H groups in total. The molecule has 2 aromatic rings. The first kappa shape index (κ1) is 16.1. The highest BCUT2D eigenvalue weighted by atomic mass is 79.9. The number of ether oxygens (including phenoxy) is 1. The van der Waals surface area contributed by atoms with Crippen molar-refractivity contribution in [2.75, 3.05) is 5.32 Å². The van der Waals surface area contributed by atoms with Gasteiger partial charge in [-0.1, -0.05) is 15.9 Å². The number of thiazole rings is 1. The minimum absolute atomic E-state index is 0.268. The molecule has 8 heteroatoms. The van der Waals surface area contributed by atoms with Gasteiger partial charge in [-0.05, 0) is 32.0 Å². The van der Waals surface area contributed by atoms with Crippen LogP contribution in [-0.2, 0) is 6.54 Å². The van der Waals surface area contributed by atoms with E-state index >= 15 is 0 Å². The van der Waals surface area contributed by atoms with Gasteiger partial charge >= 0.3 is 6.36 Å². The standard InChI is InChI=1S/C13H12BrF3N2OS/c1-7-12(21-8(2)19-7)6-18-10-4-3-9(14)5-11(10)20-13(15,16)17/h3-5,18H,6H2,1-2H3. The fourth-order valence-corrected chi connectivity index (χ4v) is 2.98. The molecule has 0 unspecified atom stereocenters. The fraction of sp³-hybridized carbons (Fsp3) is 0.308. The number of anilines is 1. The van der Waals surface area contributed by atoms with E-state index in [2.05, 4.69) is 31.0 Å². The summed E-state index contributed by atoms with van der Waals surface area (Å²) in [5.74, 6) is -0.268. The van der Waals surface area contributed by atoms with Crippen LogP contribution >= 0.6 is 27.3 Å². The first-order chi connectivity index (χ1) is 9.74. The first-order valence-corrected chi connectivity index (χ1v) is 7.57. The van der Waals surface area contributed by atoms with E-state index in [1.54, 1.807) is 6.07 Å². The van der Waals surface area contributed by atoms with Crippen molar-refractivity contribution < 1.29 is 17.9 Å². The SMILES string of the molecule is Cc1nc(C)c(CNc2ccc(Br)cc2OC(F)(F)F)s1. The number of nitrogens with one attached hydrogen (secondary N) is 1. The molecule has 0 saturated heterocycles. The lowest BCUT2D eigenvalue weighted by Gasteiger charge is -2.14. The topological polar surface area (TPSA) is 34.2 Å². The molecular weight excluding hydrogens is 369 g/mol. The van der Waals surface area contributed by atoms with E-state index in [4.69, 9.17) is 0 Å². The molecule has 2 rings (SSSR count). The largest absolute Gasteiger partial charge is 0.573 e. The van der Waals surface area contributed by atoms with Crippen LogP contribution < -0.4 is 10.1 Å². The quantitative estimate of drug-likeness (QED) is 0.807. The summed E-state index contributed by atoms with van der Waals surface area (Å²) in [6, 6.07) is 4.46. The number of benzene rings is 1. The monoisotopic (exact) mass is 380 g/mol. The summed E-state index contributed by atoms with van der Waals surface area (Å²) < 4.78 is 41.8. The number of rotatable bonds is 4. The van der Waals surface area contributed by atoms with Gasteiger partial charge in [-0.15, -0.1) is 24.5 Å². The number of alkyl halides is 3. The third-order valence-electron chi connectivity index (χ3n) is 2.61. The second-order valence-electron chi connectivity index (χ2n) is 4.28. The third kappa shape index (κ3) is 4.60. The van der Waals surface area contributed by atoms with E-state index in [-0.39, 0.29) is 11.4 Å². The minimum Gasteiger partial charge on any atom is -0.404 e. The van der Waals surface area contributed by atoms with E-state index in [0.717, 1.165) is 15.6 Å². The molecule has 1 aromatic carbocycles. The van der Waals surface area contributed by atoms with Gasteiger partial charge < -0.3 is 10.1 Å². The van der Waals surface area contributed by atoms with Crippen LogP contribution in [0.4, 0.5) is 18.9 Å². The van der Waals surface area contributed by atoms with Gasteiger partial charge in [0, 0.05) is 9.35 Å². The second-order valence-corrected chi connectivity index (χ2v) is 6.49. The maximum Gasteiger partial charge on any atom is 0.573 e. The Morgan fingerprint density at radius 2 is 2.05 bits per heavy atom. The van der Waals surface area contributed by atoms with E-state index < -0.39 is 6.36 Å². The van der Waals surface area contributed by atoms with E-state index in [9.17, 15) is 13.2 Å². The average Bonchev–Trinajstić information content (AvgIpc) is 2.65. The lowest BCUT2D eigenvalue weighted by atomic mass is 10.3. The molecule has 3 nitrogen and oxygen atoms in total. The molecule has 114 valence electrons. The Morgan fingerprint density at radius 1 is 1.33 bits per heavy atom. The molecule has 1 aromatic heterocycles. The summed E-state index contributed by atoms with van der Waals surface area (Å²) in [6.07, 6.45) is -4.73. The summed E-state index contributed by atoms with van der Waals surface area (Å²) in [4.78, 5) is 5.26. The Labute approximate surface area is 132 Å². The van der Waals surface area contributed by atoms with Gasteiger partial charge in [-0.25, -0.2) is 4.98 Å². The highest BCUT2D eigenvalue weighted by Gasteiger charge is 2.32. The molecular formula is C13H12BrF3N2OS. The molecule has 0 aliphatic heterocycles. The van der Waals surface area contributed by atoms with Gasteiger partial charge in [0.15, 0.2) is 5.75 Å². The summed E-state index contributed by atoms with van der Waals surface area (Å²) in [5.41, 5.74) is 1.15. The van der Waals surface area contributed by atoms with Crippen LogP contribution in [0.3, 0.4) is 0 Å². The molecule has 21 heavy (non-hydrogen) atoms. The van der Waals surface area contributed by atoms with Crippen LogP contribution in [0.2, 0.25) is 0 Å². The lowest BCUT2D eigenvalue weighted by molar-refractivity contribution is -0.274. The van der Waals surface area contributed by atoms with Crippen molar-refractivity contribution >= 4 is 33.0 Å². The first-order valence-electron chi connectivity index (χ1n) is 5.96. The number of aryl methyl sites for hydroxylation is 2. The number of hydrogen-bond acceptors (Lipinski definition) is 4. The number of nitrogens with zero attached hydrogens (tertiary/aromatic N) is 1. The maximum absolute atomic E-state index is 12.4. The van der Waals surface area contributed by atoms with E-state index in [0.29, 0.717) is 11.0 Å². The predicted octanol–water partition coefficient (Wildman–Crippen LogP) is 5.03. The van der Waals surface area contributed by atoms with Gasteiger partial charge in [-0.3, -0.25) is 0 Å². The zero-order valence-corrected chi connectivity index (χ0v) is 13.6. The predicted molar refractivity (Wildman–Crippen MR) is 79.7 cm³/mol. The summed E-state index contributed by atoms with van der Waals surface area (Å²) in [6.45, 7) is 4.15. The summed E-state index contributed by atoms with van der Waals surface area (Å²) in [7, 11) is 0. The zero-order chi connectivity index (χ0) is 15.6.